The lowest BCUT2D eigenvalue weighted by atomic mass is 9.85. The van der Waals surface area contributed by atoms with Gasteiger partial charge in [0.05, 0.1) is 4.21 Å². The molecule has 0 saturated heterocycles. The summed E-state index contributed by atoms with van der Waals surface area (Å²) in [5.74, 6) is 0. The smallest absolute Gasteiger partial charge is 0.407 e. The van der Waals surface area contributed by atoms with Crippen molar-refractivity contribution in [3.05, 3.63) is 17.0 Å². The number of thioether (sulfide) groups is 1. The van der Waals surface area contributed by atoms with E-state index >= 15 is 0 Å². The second kappa shape index (κ2) is 6.65. The quantitative estimate of drug-likeness (QED) is 0.849. The highest BCUT2D eigenvalue weighted by atomic mass is 32.2. The van der Waals surface area contributed by atoms with Gasteiger partial charge in [0.1, 0.15) is 5.60 Å². The van der Waals surface area contributed by atoms with Crippen molar-refractivity contribution in [2.75, 3.05) is 0 Å². The van der Waals surface area contributed by atoms with Crippen LogP contribution in [0.3, 0.4) is 0 Å². The van der Waals surface area contributed by atoms with Crippen LogP contribution in [0.5, 0.6) is 0 Å². The molecule has 1 fully saturated rings. The van der Waals surface area contributed by atoms with Crippen molar-refractivity contribution in [3.8, 4) is 0 Å². The van der Waals surface area contributed by atoms with Gasteiger partial charge >= 0.3 is 6.09 Å². The van der Waals surface area contributed by atoms with Gasteiger partial charge in [-0.2, -0.15) is 0 Å². The third-order valence-electron chi connectivity index (χ3n) is 4.21. The molecular formula is C17H26N2O2S2. The van der Waals surface area contributed by atoms with E-state index in [0.29, 0.717) is 17.3 Å². The van der Waals surface area contributed by atoms with Crippen LogP contribution >= 0.6 is 23.1 Å². The Morgan fingerprint density at radius 1 is 1.26 bits per heavy atom. The first-order chi connectivity index (χ1) is 10.8. The van der Waals surface area contributed by atoms with Crippen molar-refractivity contribution >= 4 is 29.2 Å². The molecule has 6 heteroatoms. The lowest BCUT2D eigenvalue weighted by Gasteiger charge is -2.40. The normalized spacial score (nSPS) is 30.3. The lowest BCUT2D eigenvalue weighted by molar-refractivity contribution is 0.0462. The Kier molecular flexibility index (Phi) is 4.95. The van der Waals surface area contributed by atoms with E-state index in [9.17, 15) is 4.79 Å². The Hall–Kier alpha value is -0.720. The van der Waals surface area contributed by atoms with Crippen molar-refractivity contribution in [3.63, 3.8) is 0 Å². The number of fused-ring (bicyclic) bond motifs is 1. The first-order valence-corrected chi connectivity index (χ1v) is 10.1. The molecule has 2 aliphatic rings. The molecule has 0 spiro atoms. The number of thiophene rings is 1. The van der Waals surface area contributed by atoms with Gasteiger partial charge in [0.15, 0.2) is 0 Å². The first kappa shape index (κ1) is 17.1. The predicted molar refractivity (Wildman–Crippen MR) is 96.3 cm³/mol. The first-order valence-electron chi connectivity index (χ1n) is 8.30. The highest BCUT2D eigenvalue weighted by molar-refractivity contribution is 8.01. The van der Waals surface area contributed by atoms with Gasteiger partial charge in [-0.05, 0) is 57.0 Å². The Morgan fingerprint density at radius 2 is 2.00 bits per heavy atom. The number of nitrogens with one attached hydrogen (secondary N) is 2. The van der Waals surface area contributed by atoms with E-state index in [4.69, 9.17) is 4.74 Å². The molecule has 1 aromatic rings. The highest BCUT2D eigenvalue weighted by Gasteiger charge is 2.35. The van der Waals surface area contributed by atoms with E-state index < -0.39 is 5.60 Å². The summed E-state index contributed by atoms with van der Waals surface area (Å²) in [5.41, 5.74) is 1.03. The van der Waals surface area contributed by atoms with Crippen LogP contribution in [0.15, 0.2) is 15.7 Å². The average Bonchev–Trinajstić information content (AvgIpc) is 2.81. The molecule has 1 aromatic heterocycles. The van der Waals surface area contributed by atoms with E-state index in [2.05, 4.69) is 29.0 Å². The molecule has 2 N–H and O–H groups in total. The fourth-order valence-corrected chi connectivity index (χ4v) is 5.70. The molecule has 0 bridgehead atoms. The summed E-state index contributed by atoms with van der Waals surface area (Å²) in [6.07, 6.45) is 2.84. The van der Waals surface area contributed by atoms with Gasteiger partial charge in [0, 0.05) is 23.4 Å². The topological polar surface area (TPSA) is 50.4 Å². The summed E-state index contributed by atoms with van der Waals surface area (Å²) in [6, 6.07) is 3.44. The second-order valence-corrected chi connectivity index (χ2v) is 10.2. The van der Waals surface area contributed by atoms with E-state index in [-0.39, 0.29) is 12.1 Å². The second-order valence-electron chi connectivity index (χ2n) is 7.56. The van der Waals surface area contributed by atoms with E-state index in [0.717, 1.165) is 12.8 Å². The monoisotopic (exact) mass is 354 g/mol. The van der Waals surface area contributed by atoms with Gasteiger partial charge in [-0.25, -0.2) is 4.79 Å². The van der Waals surface area contributed by atoms with Crippen LogP contribution in [0.1, 0.15) is 58.6 Å². The van der Waals surface area contributed by atoms with Gasteiger partial charge in [-0.15, -0.1) is 23.1 Å². The molecule has 0 radical (unpaired) electrons. The number of hydrogen-bond donors (Lipinski definition) is 2. The largest absolute Gasteiger partial charge is 0.444 e. The third kappa shape index (κ3) is 4.43. The highest BCUT2D eigenvalue weighted by Crippen LogP contribution is 2.44. The Morgan fingerprint density at radius 3 is 2.70 bits per heavy atom. The minimum atomic E-state index is -0.434. The molecule has 23 heavy (non-hydrogen) atoms. The number of alkyl carbamates (subject to hydrolysis) is 1. The maximum absolute atomic E-state index is 11.8. The van der Waals surface area contributed by atoms with Crippen LogP contribution in [0.2, 0.25) is 0 Å². The number of hydrogen-bond acceptors (Lipinski definition) is 5. The van der Waals surface area contributed by atoms with E-state index in [1.54, 1.807) is 0 Å². The summed E-state index contributed by atoms with van der Waals surface area (Å²) in [5, 5.41) is 9.59. The average molecular weight is 355 g/mol. The van der Waals surface area contributed by atoms with Crippen LogP contribution in [0, 0.1) is 0 Å². The van der Waals surface area contributed by atoms with Crippen LogP contribution in [-0.4, -0.2) is 29.0 Å². The van der Waals surface area contributed by atoms with Gasteiger partial charge in [-0.3, -0.25) is 0 Å². The van der Waals surface area contributed by atoms with Gasteiger partial charge < -0.3 is 15.4 Å². The summed E-state index contributed by atoms with van der Waals surface area (Å²) >= 11 is 3.84. The van der Waals surface area contributed by atoms with E-state index in [1.165, 1.54) is 16.2 Å². The Labute approximate surface area is 146 Å². The zero-order valence-electron chi connectivity index (χ0n) is 14.2. The number of rotatable bonds is 3. The molecule has 1 saturated carbocycles. The fraction of sp³-hybridized carbons (Fsp3) is 0.706. The third-order valence-corrected chi connectivity index (χ3v) is 6.55. The molecule has 128 valence electrons. The SMILES string of the molecule is C[C@H]1CC(NC2CC(NC(=O)OC(C)(C)C)C2)c2ccsc2S1. The van der Waals surface area contributed by atoms with Crippen molar-refractivity contribution in [1.82, 2.24) is 10.6 Å². The minimum Gasteiger partial charge on any atom is -0.444 e. The van der Waals surface area contributed by atoms with Crippen molar-refractivity contribution < 1.29 is 9.53 Å². The molecular weight excluding hydrogens is 328 g/mol. The Balaban J connectivity index is 1.45. The number of carbonyl (C=O) groups is 1. The fourth-order valence-electron chi connectivity index (χ4n) is 3.14. The summed E-state index contributed by atoms with van der Waals surface area (Å²) < 4.78 is 6.77. The van der Waals surface area contributed by atoms with Crippen LogP contribution < -0.4 is 10.6 Å². The zero-order valence-corrected chi connectivity index (χ0v) is 15.9. The molecule has 3 rings (SSSR count). The van der Waals surface area contributed by atoms with Gasteiger partial charge in [-0.1, -0.05) is 6.92 Å². The molecule has 4 nitrogen and oxygen atoms in total. The van der Waals surface area contributed by atoms with Crippen molar-refractivity contribution in [2.24, 2.45) is 0 Å². The standard InChI is InChI=1S/C17H26N2O2S2/c1-10-7-14(13-5-6-22-15(13)23-10)18-11-8-12(9-11)19-16(20)21-17(2,3)4/h5-6,10-12,14,18H,7-9H2,1-4H3,(H,19,20)/t10-,11?,12?,14?/m0/s1. The summed E-state index contributed by atoms with van der Waals surface area (Å²) in [7, 11) is 0. The summed E-state index contributed by atoms with van der Waals surface area (Å²) in [6.45, 7) is 7.96. The Bertz CT molecular complexity index is 561. The minimum absolute atomic E-state index is 0.236. The molecule has 1 unspecified atom stereocenters. The number of amides is 1. The summed E-state index contributed by atoms with van der Waals surface area (Å²) in [4.78, 5) is 11.8. The zero-order chi connectivity index (χ0) is 16.6. The lowest BCUT2D eigenvalue weighted by Crippen LogP contribution is -2.54. The van der Waals surface area contributed by atoms with Crippen LogP contribution in [-0.2, 0) is 4.74 Å². The van der Waals surface area contributed by atoms with Gasteiger partial charge in [0.2, 0.25) is 0 Å². The van der Waals surface area contributed by atoms with Crippen LogP contribution in [0.4, 0.5) is 4.79 Å². The predicted octanol–water partition coefficient (Wildman–Crippen LogP) is 4.32. The molecule has 1 aliphatic heterocycles. The number of carbonyl (C=O) groups excluding carboxylic acids is 1. The van der Waals surface area contributed by atoms with Crippen molar-refractivity contribution in [1.29, 1.82) is 0 Å². The maximum atomic E-state index is 11.8. The van der Waals surface area contributed by atoms with Gasteiger partial charge in [0.25, 0.3) is 0 Å². The molecule has 1 aliphatic carbocycles. The van der Waals surface area contributed by atoms with Crippen LogP contribution in [0.25, 0.3) is 0 Å². The number of ether oxygens (including phenoxy) is 1. The molecule has 2 heterocycles. The van der Waals surface area contributed by atoms with Crippen molar-refractivity contribution in [2.45, 2.75) is 80.1 Å². The van der Waals surface area contributed by atoms with E-state index in [1.807, 2.05) is 43.9 Å². The maximum Gasteiger partial charge on any atom is 0.407 e. The molecule has 2 atom stereocenters. The molecule has 1 amide bonds. The molecule has 0 aromatic carbocycles.